The Kier molecular flexibility index (Phi) is 5.24. The van der Waals surface area contributed by atoms with Gasteiger partial charge in [0.05, 0.1) is 12.5 Å². The number of rotatable bonds is 5. The summed E-state index contributed by atoms with van der Waals surface area (Å²) in [5.41, 5.74) is 4.95. The number of hydrazone groups is 1. The van der Waals surface area contributed by atoms with E-state index in [1.54, 1.807) is 48.5 Å². The smallest absolute Gasteiger partial charge is 0.271 e. The predicted molar refractivity (Wildman–Crippen MR) is 99.3 cm³/mol. The molecule has 0 spiro atoms. The van der Waals surface area contributed by atoms with Gasteiger partial charge in [0.1, 0.15) is 5.76 Å². The maximum Gasteiger partial charge on any atom is 0.271 e. The molecule has 0 radical (unpaired) electrons. The fourth-order valence-corrected chi connectivity index (χ4v) is 2.23. The Labute approximate surface area is 150 Å². The maximum absolute atomic E-state index is 12.3. The average Bonchev–Trinajstić information content (AvgIpc) is 3.16. The molecule has 0 atom stereocenters. The van der Waals surface area contributed by atoms with Crippen molar-refractivity contribution in [2.45, 2.75) is 6.92 Å². The number of carbonyl (C=O) groups excluding carboxylic acids is 2. The fourth-order valence-electron chi connectivity index (χ4n) is 2.23. The maximum atomic E-state index is 12.3. The lowest BCUT2D eigenvalue weighted by atomic mass is 10.1. The van der Waals surface area contributed by atoms with E-state index in [4.69, 9.17) is 4.42 Å². The molecule has 0 saturated heterocycles. The highest BCUT2D eigenvalue weighted by atomic mass is 16.3. The van der Waals surface area contributed by atoms with Crippen LogP contribution in [-0.4, -0.2) is 18.0 Å². The minimum absolute atomic E-state index is 0.238. The van der Waals surface area contributed by atoms with Crippen LogP contribution in [0.3, 0.4) is 0 Å². The third kappa shape index (κ3) is 4.45. The molecular formula is C20H17N3O3. The number of benzene rings is 2. The van der Waals surface area contributed by atoms with Crippen LogP contribution < -0.4 is 10.7 Å². The van der Waals surface area contributed by atoms with E-state index in [1.165, 1.54) is 12.5 Å². The van der Waals surface area contributed by atoms with Gasteiger partial charge in [-0.25, -0.2) is 5.43 Å². The Bertz CT molecular complexity index is 929. The summed E-state index contributed by atoms with van der Waals surface area (Å²) in [5.74, 6) is -0.0953. The molecule has 26 heavy (non-hydrogen) atoms. The number of amides is 2. The van der Waals surface area contributed by atoms with Crippen LogP contribution in [0.4, 0.5) is 5.69 Å². The summed E-state index contributed by atoms with van der Waals surface area (Å²) in [6.07, 6.45) is 2.92. The van der Waals surface area contributed by atoms with Gasteiger partial charge in [-0.3, -0.25) is 9.59 Å². The molecule has 6 nitrogen and oxygen atoms in total. The van der Waals surface area contributed by atoms with E-state index in [2.05, 4.69) is 15.8 Å². The summed E-state index contributed by atoms with van der Waals surface area (Å²) in [6, 6.07) is 17.3. The molecule has 1 aromatic heterocycles. The van der Waals surface area contributed by atoms with Crippen molar-refractivity contribution in [2.24, 2.45) is 5.10 Å². The lowest BCUT2D eigenvalue weighted by molar-refractivity contribution is 0.0953. The fraction of sp³-hybridized carbons (Fsp3) is 0.0500. The highest BCUT2D eigenvalue weighted by molar-refractivity contribution is 6.05. The van der Waals surface area contributed by atoms with Gasteiger partial charge in [-0.1, -0.05) is 23.8 Å². The number of hydrogen-bond donors (Lipinski definition) is 2. The van der Waals surface area contributed by atoms with Crippen molar-refractivity contribution in [2.75, 3.05) is 5.32 Å². The Morgan fingerprint density at radius 2 is 1.77 bits per heavy atom. The SMILES string of the molecule is Cc1ccc(C(=O)Nc2cccc(C(=O)N/N=C\c3ccco3)c2)cc1. The van der Waals surface area contributed by atoms with E-state index < -0.39 is 0 Å². The predicted octanol–water partition coefficient (Wildman–Crippen LogP) is 3.60. The summed E-state index contributed by atoms with van der Waals surface area (Å²) < 4.78 is 5.09. The molecule has 0 aliphatic rings. The summed E-state index contributed by atoms with van der Waals surface area (Å²) in [5, 5.41) is 6.61. The van der Waals surface area contributed by atoms with Crippen molar-refractivity contribution in [1.82, 2.24) is 5.43 Å². The molecule has 0 saturated carbocycles. The first-order valence-electron chi connectivity index (χ1n) is 7.97. The zero-order valence-corrected chi connectivity index (χ0v) is 14.1. The van der Waals surface area contributed by atoms with Gasteiger partial charge in [-0.2, -0.15) is 5.10 Å². The summed E-state index contributed by atoms with van der Waals surface area (Å²) in [4.78, 5) is 24.4. The van der Waals surface area contributed by atoms with Crippen LogP contribution in [0.5, 0.6) is 0 Å². The molecule has 3 rings (SSSR count). The van der Waals surface area contributed by atoms with E-state index in [1.807, 2.05) is 19.1 Å². The Morgan fingerprint density at radius 3 is 2.50 bits per heavy atom. The van der Waals surface area contributed by atoms with Crippen molar-refractivity contribution in [3.63, 3.8) is 0 Å². The van der Waals surface area contributed by atoms with Gasteiger partial charge in [0.25, 0.3) is 11.8 Å². The molecule has 0 fully saturated rings. The number of hydrogen-bond acceptors (Lipinski definition) is 4. The van der Waals surface area contributed by atoms with Gasteiger partial charge in [-0.15, -0.1) is 0 Å². The van der Waals surface area contributed by atoms with E-state index in [9.17, 15) is 9.59 Å². The highest BCUT2D eigenvalue weighted by Crippen LogP contribution is 2.13. The molecule has 2 N–H and O–H groups in total. The Balaban J connectivity index is 1.64. The number of nitrogens with zero attached hydrogens (tertiary/aromatic N) is 1. The molecule has 2 aromatic carbocycles. The van der Waals surface area contributed by atoms with Crippen LogP contribution in [-0.2, 0) is 0 Å². The van der Waals surface area contributed by atoms with Crippen molar-refractivity contribution in [3.05, 3.63) is 89.4 Å². The topological polar surface area (TPSA) is 83.7 Å². The van der Waals surface area contributed by atoms with Gasteiger partial charge >= 0.3 is 0 Å². The number of aryl methyl sites for hydroxylation is 1. The molecule has 0 unspecified atom stereocenters. The van der Waals surface area contributed by atoms with Crippen LogP contribution in [0.1, 0.15) is 32.0 Å². The highest BCUT2D eigenvalue weighted by Gasteiger charge is 2.09. The first-order valence-corrected chi connectivity index (χ1v) is 7.97. The molecule has 0 bridgehead atoms. The molecule has 1 heterocycles. The zero-order chi connectivity index (χ0) is 18.4. The lowest BCUT2D eigenvalue weighted by Gasteiger charge is -2.07. The second-order valence-corrected chi connectivity index (χ2v) is 5.62. The number of carbonyl (C=O) groups is 2. The Hall–Kier alpha value is -3.67. The first-order chi connectivity index (χ1) is 12.6. The quantitative estimate of drug-likeness (QED) is 0.546. The van der Waals surface area contributed by atoms with Crippen molar-refractivity contribution in [1.29, 1.82) is 0 Å². The van der Waals surface area contributed by atoms with Gasteiger partial charge in [0.15, 0.2) is 0 Å². The minimum Gasteiger partial charge on any atom is -0.463 e. The lowest BCUT2D eigenvalue weighted by Crippen LogP contribution is -2.18. The van der Waals surface area contributed by atoms with Crippen LogP contribution >= 0.6 is 0 Å². The van der Waals surface area contributed by atoms with Gasteiger partial charge in [0.2, 0.25) is 0 Å². The molecule has 130 valence electrons. The monoisotopic (exact) mass is 347 g/mol. The van der Waals surface area contributed by atoms with E-state index in [0.717, 1.165) is 5.56 Å². The Morgan fingerprint density at radius 1 is 0.962 bits per heavy atom. The summed E-state index contributed by atoms with van der Waals surface area (Å²) >= 11 is 0. The summed E-state index contributed by atoms with van der Waals surface area (Å²) in [7, 11) is 0. The van der Waals surface area contributed by atoms with Crippen LogP contribution in [0.15, 0.2) is 76.4 Å². The van der Waals surface area contributed by atoms with E-state index >= 15 is 0 Å². The molecule has 0 aliphatic carbocycles. The minimum atomic E-state index is -0.390. The van der Waals surface area contributed by atoms with Crippen LogP contribution in [0.2, 0.25) is 0 Å². The van der Waals surface area contributed by atoms with Crippen LogP contribution in [0, 0.1) is 6.92 Å². The largest absolute Gasteiger partial charge is 0.463 e. The summed E-state index contributed by atoms with van der Waals surface area (Å²) in [6.45, 7) is 1.96. The second kappa shape index (κ2) is 7.94. The average molecular weight is 347 g/mol. The number of nitrogens with one attached hydrogen (secondary N) is 2. The normalized spacial score (nSPS) is 10.7. The number of furan rings is 1. The standard InChI is InChI=1S/C20H17N3O3/c1-14-7-9-15(10-8-14)19(24)22-17-5-2-4-16(12-17)20(25)23-21-13-18-6-3-11-26-18/h2-13H,1H3,(H,22,24)(H,23,25)/b21-13-. The van der Waals surface area contributed by atoms with Gasteiger partial charge in [-0.05, 0) is 49.4 Å². The van der Waals surface area contributed by atoms with Crippen molar-refractivity contribution < 1.29 is 14.0 Å². The molecule has 3 aromatic rings. The molecule has 0 aliphatic heterocycles. The van der Waals surface area contributed by atoms with E-state index in [0.29, 0.717) is 22.6 Å². The molecule has 6 heteroatoms. The number of anilines is 1. The first kappa shape index (κ1) is 17.2. The molecule has 2 amide bonds. The molecular weight excluding hydrogens is 330 g/mol. The van der Waals surface area contributed by atoms with Gasteiger partial charge in [0, 0.05) is 16.8 Å². The second-order valence-electron chi connectivity index (χ2n) is 5.62. The third-order valence-corrected chi connectivity index (χ3v) is 3.60. The third-order valence-electron chi connectivity index (χ3n) is 3.60. The van der Waals surface area contributed by atoms with Crippen molar-refractivity contribution >= 4 is 23.7 Å². The van der Waals surface area contributed by atoms with Gasteiger partial charge < -0.3 is 9.73 Å². The zero-order valence-electron chi connectivity index (χ0n) is 14.1. The van der Waals surface area contributed by atoms with Crippen LogP contribution in [0.25, 0.3) is 0 Å². The van der Waals surface area contributed by atoms with Crippen molar-refractivity contribution in [3.8, 4) is 0 Å². The van der Waals surface area contributed by atoms with E-state index in [-0.39, 0.29) is 11.8 Å².